The average molecular weight is 286 g/mol. The highest BCUT2D eigenvalue weighted by molar-refractivity contribution is 7.89. The van der Waals surface area contributed by atoms with Crippen LogP contribution in [0.1, 0.15) is 22.8 Å². The lowest BCUT2D eigenvalue weighted by atomic mass is 10.1. The molecule has 106 valence electrons. The number of ether oxygens (including phenoxy) is 1. The largest absolute Gasteiger partial charge is 0.465 e. The molecular formula is C12H18N2O4S. The van der Waals surface area contributed by atoms with E-state index in [9.17, 15) is 13.2 Å². The summed E-state index contributed by atoms with van der Waals surface area (Å²) in [4.78, 5) is 11.5. The van der Waals surface area contributed by atoms with Gasteiger partial charge in [0, 0.05) is 12.6 Å². The van der Waals surface area contributed by atoms with E-state index in [1.807, 2.05) is 0 Å². The Morgan fingerprint density at radius 2 is 2.11 bits per heavy atom. The lowest BCUT2D eigenvalue weighted by molar-refractivity contribution is 0.0600. The molecule has 0 saturated carbocycles. The zero-order valence-corrected chi connectivity index (χ0v) is 12.0. The summed E-state index contributed by atoms with van der Waals surface area (Å²) in [6.45, 7) is 3.53. The molecule has 0 fully saturated rings. The second-order valence-electron chi connectivity index (χ2n) is 4.23. The molecule has 1 atom stereocenters. The molecule has 3 N–H and O–H groups in total. The van der Waals surface area contributed by atoms with Crippen molar-refractivity contribution in [2.24, 2.45) is 5.73 Å². The van der Waals surface area contributed by atoms with Crippen molar-refractivity contribution in [3.63, 3.8) is 0 Å². The van der Waals surface area contributed by atoms with Gasteiger partial charge >= 0.3 is 5.97 Å². The molecule has 0 radical (unpaired) electrons. The van der Waals surface area contributed by atoms with Gasteiger partial charge < -0.3 is 10.5 Å². The smallest absolute Gasteiger partial charge is 0.338 e. The van der Waals surface area contributed by atoms with Crippen LogP contribution in [0.15, 0.2) is 23.1 Å². The molecule has 19 heavy (non-hydrogen) atoms. The van der Waals surface area contributed by atoms with E-state index in [1.54, 1.807) is 13.8 Å². The minimum atomic E-state index is -3.63. The number of rotatable bonds is 5. The Morgan fingerprint density at radius 1 is 1.47 bits per heavy atom. The Morgan fingerprint density at radius 3 is 2.58 bits per heavy atom. The summed E-state index contributed by atoms with van der Waals surface area (Å²) >= 11 is 0. The molecule has 0 amide bonds. The first-order chi connectivity index (χ1) is 8.81. The number of esters is 1. The zero-order chi connectivity index (χ0) is 14.6. The van der Waals surface area contributed by atoms with Crippen LogP contribution in [0.4, 0.5) is 0 Å². The van der Waals surface area contributed by atoms with Gasteiger partial charge in [0.15, 0.2) is 0 Å². The second-order valence-corrected chi connectivity index (χ2v) is 5.94. The summed E-state index contributed by atoms with van der Waals surface area (Å²) in [6.07, 6.45) is 0. The monoisotopic (exact) mass is 286 g/mol. The third-order valence-electron chi connectivity index (χ3n) is 2.62. The van der Waals surface area contributed by atoms with Crippen molar-refractivity contribution in [2.45, 2.75) is 24.8 Å². The standard InChI is InChI=1S/C12H18N2O4S/c1-8-6-10(4-5-11(8)12(15)18-3)19(16,17)14-9(2)7-13/h4-6,9,14H,7,13H2,1-3H3/t9-/m0/s1. The van der Waals surface area contributed by atoms with E-state index < -0.39 is 16.0 Å². The molecule has 0 aromatic heterocycles. The van der Waals surface area contributed by atoms with Crippen LogP contribution in [0, 0.1) is 6.92 Å². The van der Waals surface area contributed by atoms with E-state index in [0.29, 0.717) is 11.1 Å². The van der Waals surface area contributed by atoms with Gasteiger partial charge in [-0.15, -0.1) is 0 Å². The van der Waals surface area contributed by atoms with Gasteiger partial charge in [0.2, 0.25) is 10.0 Å². The summed E-state index contributed by atoms with van der Waals surface area (Å²) in [7, 11) is -2.35. The van der Waals surface area contributed by atoms with Crippen LogP contribution in [0.2, 0.25) is 0 Å². The van der Waals surface area contributed by atoms with Crippen LogP contribution in [0.3, 0.4) is 0 Å². The summed E-state index contributed by atoms with van der Waals surface area (Å²) in [6, 6.07) is 3.87. The normalized spacial score (nSPS) is 13.1. The molecule has 1 rings (SSSR count). The topological polar surface area (TPSA) is 98.5 Å². The van der Waals surface area contributed by atoms with Crippen LogP contribution < -0.4 is 10.5 Å². The fourth-order valence-corrected chi connectivity index (χ4v) is 2.86. The number of hydrogen-bond acceptors (Lipinski definition) is 5. The minimum absolute atomic E-state index is 0.0953. The van der Waals surface area contributed by atoms with Crippen molar-refractivity contribution < 1.29 is 17.9 Å². The Kier molecular flexibility index (Phi) is 5.04. The Labute approximate surface area is 113 Å². The first kappa shape index (κ1) is 15.6. The highest BCUT2D eigenvalue weighted by atomic mass is 32.2. The van der Waals surface area contributed by atoms with Crippen LogP contribution in [0.5, 0.6) is 0 Å². The van der Waals surface area contributed by atoms with E-state index >= 15 is 0 Å². The molecule has 0 aliphatic carbocycles. The third kappa shape index (κ3) is 3.76. The van der Waals surface area contributed by atoms with Crippen LogP contribution >= 0.6 is 0 Å². The van der Waals surface area contributed by atoms with E-state index in [0.717, 1.165) is 0 Å². The molecule has 1 aromatic carbocycles. The van der Waals surface area contributed by atoms with Gasteiger partial charge in [-0.2, -0.15) is 0 Å². The maximum atomic E-state index is 12.0. The van der Waals surface area contributed by atoms with Crippen LogP contribution in [-0.2, 0) is 14.8 Å². The Hall–Kier alpha value is -1.44. The van der Waals surface area contributed by atoms with Gasteiger partial charge in [-0.1, -0.05) is 0 Å². The van der Waals surface area contributed by atoms with Gasteiger partial charge in [0.1, 0.15) is 0 Å². The maximum Gasteiger partial charge on any atom is 0.338 e. The first-order valence-electron chi connectivity index (χ1n) is 5.73. The van der Waals surface area contributed by atoms with E-state index in [4.69, 9.17) is 5.73 Å². The summed E-state index contributed by atoms with van der Waals surface area (Å²) < 4.78 is 31.1. The predicted octanol–water partition coefficient (Wildman–Crippen LogP) is 0.407. The van der Waals surface area contributed by atoms with Crippen molar-refractivity contribution in [1.29, 1.82) is 0 Å². The van der Waals surface area contributed by atoms with Crippen molar-refractivity contribution in [2.75, 3.05) is 13.7 Å². The summed E-state index contributed by atoms with van der Waals surface area (Å²) in [5, 5.41) is 0. The fourth-order valence-electron chi connectivity index (χ4n) is 1.52. The second kappa shape index (κ2) is 6.14. The van der Waals surface area contributed by atoms with Gasteiger partial charge in [-0.25, -0.2) is 17.9 Å². The Bertz CT molecular complexity index is 569. The molecular weight excluding hydrogens is 268 g/mol. The van der Waals surface area contributed by atoms with Gasteiger partial charge in [-0.3, -0.25) is 0 Å². The number of nitrogens with two attached hydrogens (primary N) is 1. The lowest BCUT2D eigenvalue weighted by Crippen LogP contribution is -2.37. The SMILES string of the molecule is COC(=O)c1ccc(S(=O)(=O)N[C@@H](C)CN)cc1C. The summed E-state index contributed by atoms with van der Waals surface area (Å²) in [5.74, 6) is -0.496. The van der Waals surface area contributed by atoms with Crippen molar-refractivity contribution in [1.82, 2.24) is 4.72 Å². The molecule has 0 saturated heterocycles. The van der Waals surface area contributed by atoms with Crippen molar-refractivity contribution in [3.05, 3.63) is 29.3 Å². The van der Waals surface area contributed by atoms with Crippen LogP contribution in [0.25, 0.3) is 0 Å². The highest BCUT2D eigenvalue weighted by Crippen LogP contribution is 2.16. The van der Waals surface area contributed by atoms with Crippen LogP contribution in [-0.4, -0.2) is 34.1 Å². The molecule has 6 nitrogen and oxygen atoms in total. The molecule has 0 heterocycles. The zero-order valence-electron chi connectivity index (χ0n) is 11.1. The number of carbonyl (C=O) groups is 1. The number of hydrogen-bond donors (Lipinski definition) is 2. The predicted molar refractivity (Wildman–Crippen MR) is 71.4 cm³/mol. The molecule has 0 bridgehead atoms. The number of nitrogens with one attached hydrogen (secondary N) is 1. The third-order valence-corrected chi connectivity index (χ3v) is 4.21. The molecule has 1 aromatic rings. The van der Waals surface area contributed by atoms with Gasteiger partial charge in [0.05, 0.1) is 17.6 Å². The quantitative estimate of drug-likeness (QED) is 0.764. The van der Waals surface area contributed by atoms with E-state index in [2.05, 4.69) is 9.46 Å². The van der Waals surface area contributed by atoms with Gasteiger partial charge in [-0.05, 0) is 37.6 Å². The maximum absolute atomic E-state index is 12.0. The highest BCUT2D eigenvalue weighted by Gasteiger charge is 2.19. The number of methoxy groups -OCH3 is 1. The van der Waals surface area contributed by atoms with E-state index in [1.165, 1.54) is 25.3 Å². The molecule has 0 aliphatic rings. The molecule has 7 heteroatoms. The van der Waals surface area contributed by atoms with Crippen molar-refractivity contribution >= 4 is 16.0 Å². The molecule has 0 unspecified atom stereocenters. The summed E-state index contributed by atoms with van der Waals surface area (Å²) in [5.41, 5.74) is 6.26. The van der Waals surface area contributed by atoms with E-state index in [-0.39, 0.29) is 17.5 Å². The minimum Gasteiger partial charge on any atom is -0.465 e. The lowest BCUT2D eigenvalue weighted by Gasteiger charge is -2.13. The first-order valence-corrected chi connectivity index (χ1v) is 7.21. The Balaban J connectivity index is 3.10. The number of aryl methyl sites for hydroxylation is 1. The number of carbonyl (C=O) groups excluding carboxylic acids is 1. The van der Waals surface area contributed by atoms with Crippen molar-refractivity contribution in [3.8, 4) is 0 Å². The average Bonchev–Trinajstić information content (AvgIpc) is 2.37. The van der Waals surface area contributed by atoms with Gasteiger partial charge in [0.25, 0.3) is 0 Å². The number of sulfonamides is 1. The number of benzene rings is 1. The fraction of sp³-hybridized carbons (Fsp3) is 0.417. The molecule has 0 spiro atoms. The molecule has 0 aliphatic heterocycles.